The Labute approximate surface area is 119 Å². The SMILES string of the molecule is CCOc1ccc(Br)cc1CCC(C)(C)CNC. The highest BCUT2D eigenvalue weighted by Crippen LogP contribution is 2.28. The number of ether oxygens (including phenoxy) is 1. The van der Waals surface area contributed by atoms with Gasteiger partial charge in [-0.15, -0.1) is 0 Å². The maximum atomic E-state index is 5.68. The van der Waals surface area contributed by atoms with Crippen molar-refractivity contribution in [3.63, 3.8) is 0 Å². The zero-order valence-electron chi connectivity index (χ0n) is 11.8. The maximum absolute atomic E-state index is 5.68. The molecule has 0 atom stereocenters. The Bertz CT molecular complexity index is 377. The minimum atomic E-state index is 0.306. The monoisotopic (exact) mass is 313 g/mol. The van der Waals surface area contributed by atoms with E-state index in [4.69, 9.17) is 4.74 Å². The van der Waals surface area contributed by atoms with Crippen molar-refractivity contribution >= 4 is 15.9 Å². The molecule has 0 saturated carbocycles. The first-order chi connectivity index (χ1) is 8.48. The topological polar surface area (TPSA) is 21.3 Å². The van der Waals surface area contributed by atoms with Gasteiger partial charge in [0.1, 0.15) is 5.75 Å². The van der Waals surface area contributed by atoms with Crippen LogP contribution in [0.2, 0.25) is 0 Å². The molecule has 102 valence electrons. The molecule has 18 heavy (non-hydrogen) atoms. The summed E-state index contributed by atoms with van der Waals surface area (Å²) in [6.07, 6.45) is 2.19. The third-order valence-corrected chi connectivity index (χ3v) is 3.54. The van der Waals surface area contributed by atoms with Crippen LogP contribution in [0.5, 0.6) is 5.75 Å². The van der Waals surface area contributed by atoms with Crippen LogP contribution in [0.1, 0.15) is 32.8 Å². The van der Waals surface area contributed by atoms with Crippen LogP contribution in [-0.2, 0) is 6.42 Å². The molecule has 0 spiro atoms. The summed E-state index contributed by atoms with van der Waals surface area (Å²) >= 11 is 3.53. The Hall–Kier alpha value is -0.540. The third kappa shape index (κ3) is 4.99. The van der Waals surface area contributed by atoms with Crippen LogP contribution in [0.3, 0.4) is 0 Å². The molecule has 2 nitrogen and oxygen atoms in total. The summed E-state index contributed by atoms with van der Waals surface area (Å²) in [5.74, 6) is 1.01. The molecule has 0 aliphatic heterocycles. The van der Waals surface area contributed by atoms with E-state index in [1.54, 1.807) is 0 Å². The van der Waals surface area contributed by atoms with Crippen molar-refractivity contribution in [3.8, 4) is 5.75 Å². The van der Waals surface area contributed by atoms with E-state index in [2.05, 4.69) is 41.2 Å². The van der Waals surface area contributed by atoms with Crippen molar-refractivity contribution in [3.05, 3.63) is 28.2 Å². The molecule has 0 unspecified atom stereocenters. The lowest BCUT2D eigenvalue weighted by Crippen LogP contribution is -2.27. The molecule has 0 aromatic heterocycles. The van der Waals surface area contributed by atoms with E-state index in [9.17, 15) is 0 Å². The molecule has 0 fully saturated rings. The maximum Gasteiger partial charge on any atom is 0.122 e. The summed E-state index contributed by atoms with van der Waals surface area (Å²) in [6, 6.07) is 6.25. The summed E-state index contributed by atoms with van der Waals surface area (Å²) < 4.78 is 6.80. The molecule has 0 saturated heterocycles. The summed E-state index contributed by atoms with van der Waals surface area (Å²) in [5.41, 5.74) is 1.59. The zero-order valence-corrected chi connectivity index (χ0v) is 13.4. The van der Waals surface area contributed by atoms with Gasteiger partial charge in [0.15, 0.2) is 0 Å². The molecule has 0 radical (unpaired) electrons. The van der Waals surface area contributed by atoms with Crippen molar-refractivity contribution in [2.75, 3.05) is 20.2 Å². The van der Waals surface area contributed by atoms with Gasteiger partial charge in [-0.2, -0.15) is 0 Å². The van der Waals surface area contributed by atoms with Crippen LogP contribution in [0.15, 0.2) is 22.7 Å². The lowest BCUT2D eigenvalue weighted by molar-refractivity contribution is 0.313. The molecule has 0 heterocycles. The number of halogens is 1. The summed E-state index contributed by atoms with van der Waals surface area (Å²) in [4.78, 5) is 0. The van der Waals surface area contributed by atoms with Crippen molar-refractivity contribution in [1.29, 1.82) is 0 Å². The molecule has 1 aromatic rings. The highest BCUT2D eigenvalue weighted by atomic mass is 79.9. The molecular weight excluding hydrogens is 290 g/mol. The van der Waals surface area contributed by atoms with E-state index < -0.39 is 0 Å². The van der Waals surface area contributed by atoms with Crippen LogP contribution >= 0.6 is 15.9 Å². The third-order valence-electron chi connectivity index (χ3n) is 3.05. The van der Waals surface area contributed by atoms with Gasteiger partial charge in [0.05, 0.1) is 6.61 Å². The van der Waals surface area contributed by atoms with E-state index in [0.29, 0.717) is 12.0 Å². The Kier molecular flexibility index (Phi) is 6.16. The summed E-state index contributed by atoms with van der Waals surface area (Å²) in [7, 11) is 2.01. The first kappa shape index (κ1) is 15.5. The van der Waals surface area contributed by atoms with Gasteiger partial charge in [-0.25, -0.2) is 0 Å². The Morgan fingerprint density at radius 1 is 1.33 bits per heavy atom. The normalized spacial score (nSPS) is 11.6. The molecular formula is C15H24BrNO. The predicted octanol–water partition coefficient (Wildman–Crippen LogP) is 4.03. The second-order valence-electron chi connectivity index (χ2n) is 5.38. The number of hydrogen-bond acceptors (Lipinski definition) is 2. The summed E-state index contributed by atoms with van der Waals surface area (Å²) in [6.45, 7) is 8.36. The van der Waals surface area contributed by atoms with Gasteiger partial charge < -0.3 is 10.1 Å². The van der Waals surface area contributed by atoms with Gasteiger partial charge in [0.25, 0.3) is 0 Å². The van der Waals surface area contributed by atoms with Gasteiger partial charge in [-0.1, -0.05) is 29.8 Å². The van der Waals surface area contributed by atoms with Gasteiger partial charge in [-0.05, 0) is 62.5 Å². The average Bonchev–Trinajstić information content (AvgIpc) is 2.30. The highest BCUT2D eigenvalue weighted by molar-refractivity contribution is 9.10. The summed E-state index contributed by atoms with van der Waals surface area (Å²) in [5, 5.41) is 3.25. The fourth-order valence-corrected chi connectivity index (χ4v) is 2.49. The number of benzene rings is 1. The molecule has 1 aromatic carbocycles. The zero-order chi connectivity index (χ0) is 13.6. The van der Waals surface area contributed by atoms with E-state index in [1.165, 1.54) is 5.56 Å². The number of hydrogen-bond donors (Lipinski definition) is 1. The van der Waals surface area contributed by atoms with Crippen molar-refractivity contribution < 1.29 is 4.74 Å². The Morgan fingerprint density at radius 2 is 2.06 bits per heavy atom. The predicted molar refractivity (Wildman–Crippen MR) is 81.3 cm³/mol. The van der Waals surface area contributed by atoms with Crippen LogP contribution in [0.4, 0.5) is 0 Å². The van der Waals surface area contributed by atoms with Gasteiger partial charge in [0, 0.05) is 4.47 Å². The minimum absolute atomic E-state index is 0.306. The van der Waals surface area contributed by atoms with Crippen molar-refractivity contribution in [1.82, 2.24) is 5.32 Å². The average molecular weight is 314 g/mol. The molecule has 1 N–H and O–H groups in total. The number of aryl methyl sites for hydroxylation is 1. The van der Waals surface area contributed by atoms with Crippen LogP contribution in [-0.4, -0.2) is 20.2 Å². The van der Waals surface area contributed by atoms with Gasteiger partial charge >= 0.3 is 0 Å². The standard InChI is InChI=1S/C15H24BrNO/c1-5-18-14-7-6-13(16)10-12(14)8-9-15(2,3)11-17-4/h6-7,10,17H,5,8-9,11H2,1-4H3. The fraction of sp³-hybridized carbons (Fsp3) is 0.600. The number of rotatable bonds is 7. The van der Waals surface area contributed by atoms with Crippen LogP contribution in [0.25, 0.3) is 0 Å². The molecule has 0 bridgehead atoms. The largest absolute Gasteiger partial charge is 0.494 e. The first-order valence-electron chi connectivity index (χ1n) is 6.54. The van der Waals surface area contributed by atoms with E-state index >= 15 is 0 Å². The Balaban J connectivity index is 2.73. The van der Waals surface area contributed by atoms with Gasteiger partial charge in [0.2, 0.25) is 0 Å². The molecule has 0 aliphatic carbocycles. The van der Waals surface area contributed by atoms with E-state index in [-0.39, 0.29) is 0 Å². The molecule has 0 aliphatic rings. The second kappa shape index (κ2) is 7.15. The fourth-order valence-electron chi connectivity index (χ4n) is 2.08. The smallest absolute Gasteiger partial charge is 0.122 e. The molecule has 0 amide bonds. The number of nitrogens with one attached hydrogen (secondary N) is 1. The van der Waals surface area contributed by atoms with Crippen LogP contribution < -0.4 is 10.1 Å². The molecule has 1 rings (SSSR count). The van der Waals surface area contributed by atoms with E-state index in [0.717, 1.165) is 29.6 Å². The lowest BCUT2D eigenvalue weighted by atomic mass is 9.86. The highest BCUT2D eigenvalue weighted by Gasteiger charge is 2.17. The van der Waals surface area contributed by atoms with Gasteiger partial charge in [-0.3, -0.25) is 0 Å². The van der Waals surface area contributed by atoms with Crippen molar-refractivity contribution in [2.45, 2.75) is 33.6 Å². The minimum Gasteiger partial charge on any atom is -0.494 e. The first-order valence-corrected chi connectivity index (χ1v) is 7.33. The second-order valence-corrected chi connectivity index (χ2v) is 6.30. The molecule has 3 heteroatoms. The van der Waals surface area contributed by atoms with E-state index in [1.807, 2.05) is 26.1 Å². The quantitative estimate of drug-likeness (QED) is 0.820. The van der Waals surface area contributed by atoms with Crippen LogP contribution in [0, 0.1) is 5.41 Å². The lowest BCUT2D eigenvalue weighted by Gasteiger charge is -2.24. The Morgan fingerprint density at radius 3 is 2.67 bits per heavy atom. The van der Waals surface area contributed by atoms with Crippen molar-refractivity contribution in [2.24, 2.45) is 5.41 Å².